The Morgan fingerprint density at radius 1 is 0.556 bits per heavy atom. The Labute approximate surface area is 116 Å². The maximum Gasteiger partial charge on any atom is 0.000251 e. The molecule has 1 aliphatic heterocycles. The summed E-state index contributed by atoms with van der Waals surface area (Å²) in [6.45, 7) is 0. The monoisotopic (exact) mass is 271 g/mol. The van der Waals surface area contributed by atoms with E-state index in [-0.39, 0.29) is 0 Å². The first kappa shape index (κ1) is 14.7. The van der Waals surface area contributed by atoms with E-state index in [1.54, 1.807) is 0 Å². The molecule has 1 nitrogen and oxygen atoms in total. The average molecular weight is 272 g/mol. The van der Waals surface area contributed by atoms with Crippen molar-refractivity contribution in [3.63, 3.8) is 0 Å². The number of nitrogens with two attached hydrogens (primary N) is 1. The van der Waals surface area contributed by atoms with Gasteiger partial charge in [-0.05, 0) is 37.2 Å². The quantitative estimate of drug-likeness (QED) is 0.703. The van der Waals surface area contributed by atoms with Gasteiger partial charge in [-0.15, -0.1) is 0 Å². The lowest BCUT2D eigenvalue weighted by atomic mass is 10.0. The predicted molar refractivity (Wildman–Crippen MR) is 85.3 cm³/mol. The van der Waals surface area contributed by atoms with Crippen molar-refractivity contribution in [1.82, 2.24) is 0 Å². The van der Waals surface area contributed by atoms with Gasteiger partial charge in [-0.1, -0.05) is 57.8 Å². The van der Waals surface area contributed by atoms with Gasteiger partial charge in [0.1, 0.15) is 0 Å². The SMILES string of the molecule is NS1(C2CCCCCCC2)CCCCCCCC1. The zero-order valence-electron chi connectivity index (χ0n) is 12.2. The molecule has 0 aromatic carbocycles. The number of rotatable bonds is 1. The molecule has 0 aromatic rings. The van der Waals surface area contributed by atoms with Crippen LogP contribution in [0.5, 0.6) is 0 Å². The molecule has 1 heterocycles. The lowest BCUT2D eigenvalue weighted by Gasteiger charge is -2.44. The highest BCUT2D eigenvalue weighted by atomic mass is 32.3. The van der Waals surface area contributed by atoms with Crippen molar-refractivity contribution < 1.29 is 0 Å². The van der Waals surface area contributed by atoms with E-state index < -0.39 is 10.2 Å². The van der Waals surface area contributed by atoms with Crippen LogP contribution < -0.4 is 5.14 Å². The van der Waals surface area contributed by atoms with Gasteiger partial charge >= 0.3 is 0 Å². The summed E-state index contributed by atoms with van der Waals surface area (Å²) in [5, 5.41) is 7.89. The van der Waals surface area contributed by atoms with Crippen LogP contribution >= 0.6 is 10.2 Å². The first-order chi connectivity index (χ1) is 8.81. The minimum atomic E-state index is -0.765. The van der Waals surface area contributed by atoms with E-state index in [1.807, 2.05) is 0 Å². The van der Waals surface area contributed by atoms with E-state index in [2.05, 4.69) is 0 Å². The molecule has 2 rings (SSSR count). The predicted octanol–water partition coefficient (Wildman–Crippen LogP) is 5.13. The fraction of sp³-hybridized carbons (Fsp3) is 1.00. The molecule has 1 saturated heterocycles. The van der Waals surface area contributed by atoms with Crippen molar-refractivity contribution in [1.29, 1.82) is 0 Å². The standard InChI is InChI=1S/C16H33NS/c17-18(14-10-6-1-2-7-11-15-18)16-12-8-4-3-5-9-13-16/h16H,1-15,17H2. The van der Waals surface area contributed by atoms with Crippen LogP contribution in [0.3, 0.4) is 0 Å². The van der Waals surface area contributed by atoms with Gasteiger partial charge in [0.25, 0.3) is 0 Å². The Morgan fingerprint density at radius 2 is 0.944 bits per heavy atom. The van der Waals surface area contributed by atoms with Gasteiger partial charge in [0, 0.05) is 5.25 Å². The average Bonchev–Trinajstić information content (AvgIpc) is 2.41. The molecule has 2 heteroatoms. The largest absolute Gasteiger partial charge is 0.294 e. The van der Waals surface area contributed by atoms with Crippen molar-refractivity contribution in [3.05, 3.63) is 0 Å². The summed E-state index contributed by atoms with van der Waals surface area (Å²) in [5.41, 5.74) is 0. The molecule has 1 saturated carbocycles. The molecule has 0 spiro atoms. The van der Waals surface area contributed by atoms with E-state index in [9.17, 15) is 0 Å². The molecular formula is C16H33NS. The van der Waals surface area contributed by atoms with Gasteiger partial charge in [-0.2, -0.15) is 10.2 Å². The highest BCUT2D eigenvalue weighted by molar-refractivity contribution is 8.32. The summed E-state index contributed by atoms with van der Waals surface area (Å²) in [6, 6.07) is 0. The second-order valence-electron chi connectivity index (χ2n) is 6.50. The fourth-order valence-corrected chi connectivity index (χ4v) is 7.40. The summed E-state index contributed by atoms with van der Waals surface area (Å²) in [6.07, 6.45) is 18.9. The van der Waals surface area contributed by atoms with E-state index in [4.69, 9.17) is 5.14 Å². The third-order valence-electron chi connectivity index (χ3n) is 5.01. The zero-order valence-corrected chi connectivity index (χ0v) is 13.0. The highest BCUT2D eigenvalue weighted by Crippen LogP contribution is 2.51. The third-order valence-corrected chi connectivity index (χ3v) is 8.91. The fourth-order valence-electron chi connectivity index (χ4n) is 3.77. The molecule has 2 fully saturated rings. The Morgan fingerprint density at radius 3 is 1.44 bits per heavy atom. The van der Waals surface area contributed by atoms with Gasteiger partial charge in [-0.3, -0.25) is 5.14 Å². The van der Waals surface area contributed by atoms with E-state index in [0.29, 0.717) is 0 Å². The minimum Gasteiger partial charge on any atom is -0.294 e. The first-order valence-corrected chi connectivity index (χ1v) is 10.5. The van der Waals surface area contributed by atoms with Crippen molar-refractivity contribution in [2.24, 2.45) is 5.14 Å². The van der Waals surface area contributed by atoms with E-state index in [0.717, 1.165) is 5.25 Å². The molecule has 2 aliphatic rings. The van der Waals surface area contributed by atoms with E-state index >= 15 is 0 Å². The maximum atomic E-state index is 6.98. The van der Waals surface area contributed by atoms with Crippen LogP contribution in [0, 0.1) is 0 Å². The van der Waals surface area contributed by atoms with Crippen LogP contribution in [0.15, 0.2) is 0 Å². The van der Waals surface area contributed by atoms with Crippen LogP contribution in [0.1, 0.15) is 83.5 Å². The van der Waals surface area contributed by atoms with Gasteiger partial charge < -0.3 is 0 Å². The van der Waals surface area contributed by atoms with E-state index in [1.165, 1.54) is 95.0 Å². The Balaban J connectivity index is 1.95. The number of hydrogen-bond donors (Lipinski definition) is 1. The lowest BCUT2D eigenvalue weighted by Crippen LogP contribution is -2.31. The second-order valence-corrected chi connectivity index (χ2v) is 10.0. The molecular weight excluding hydrogens is 238 g/mol. The topological polar surface area (TPSA) is 26.0 Å². The summed E-state index contributed by atoms with van der Waals surface area (Å²) in [4.78, 5) is 0. The molecule has 0 bridgehead atoms. The van der Waals surface area contributed by atoms with Crippen molar-refractivity contribution in [3.8, 4) is 0 Å². The van der Waals surface area contributed by atoms with Crippen LogP contribution in [0.4, 0.5) is 0 Å². The van der Waals surface area contributed by atoms with Crippen molar-refractivity contribution in [2.45, 2.75) is 88.7 Å². The highest BCUT2D eigenvalue weighted by Gasteiger charge is 2.29. The molecule has 1 aliphatic carbocycles. The van der Waals surface area contributed by atoms with Gasteiger partial charge in [-0.25, -0.2) is 0 Å². The summed E-state index contributed by atoms with van der Waals surface area (Å²) in [7, 11) is -0.765. The van der Waals surface area contributed by atoms with Crippen LogP contribution in [0.2, 0.25) is 0 Å². The van der Waals surface area contributed by atoms with Gasteiger partial charge in [0.15, 0.2) is 0 Å². The van der Waals surface area contributed by atoms with Crippen LogP contribution in [-0.2, 0) is 0 Å². The molecule has 0 amide bonds. The summed E-state index contributed by atoms with van der Waals surface area (Å²) in [5.74, 6) is 2.77. The molecule has 108 valence electrons. The summed E-state index contributed by atoms with van der Waals surface area (Å²) >= 11 is 0. The van der Waals surface area contributed by atoms with Gasteiger partial charge in [0.2, 0.25) is 0 Å². The molecule has 18 heavy (non-hydrogen) atoms. The summed E-state index contributed by atoms with van der Waals surface area (Å²) < 4.78 is 0. The van der Waals surface area contributed by atoms with Crippen LogP contribution in [0.25, 0.3) is 0 Å². The smallest absolute Gasteiger partial charge is 0.000251 e. The molecule has 0 aromatic heterocycles. The maximum absolute atomic E-state index is 6.98. The normalized spacial score (nSPS) is 30.3. The second kappa shape index (κ2) is 7.79. The van der Waals surface area contributed by atoms with Gasteiger partial charge in [0.05, 0.1) is 0 Å². The molecule has 0 unspecified atom stereocenters. The molecule has 0 radical (unpaired) electrons. The Bertz CT molecular complexity index is 211. The Kier molecular flexibility index (Phi) is 6.37. The molecule has 0 atom stereocenters. The van der Waals surface area contributed by atoms with Crippen molar-refractivity contribution in [2.75, 3.05) is 11.5 Å². The van der Waals surface area contributed by atoms with Crippen molar-refractivity contribution >= 4 is 10.2 Å². The molecule has 2 N–H and O–H groups in total. The zero-order chi connectivity index (χ0) is 12.7. The third kappa shape index (κ3) is 4.45. The van der Waals surface area contributed by atoms with Crippen LogP contribution in [-0.4, -0.2) is 16.8 Å². The first-order valence-electron chi connectivity index (χ1n) is 8.37. The number of hydrogen-bond acceptors (Lipinski definition) is 1. The Hall–Kier alpha value is 0.310. The minimum absolute atomic E-state index is 0.765. The lowest BCUT2D eigenvalue weighted by molar-refractivity contribution is 0.508.